The summed E-state index contributed by atoms with van der Waals surface area (Å²) in [6.07, 6.45) is 3.52. The first-order chi connectivity index (χ1) is 13.7. The Labute approximate surface area is 167 Å². The summed E-state index contributed by atoms with van der Waals surface area (Å²) in [7, 11) is 1.66. The number of hydrogen-bond donors (Lipinski definition) is 0. The van der Waals surface area contributed by atoms with Crippen LogP contribution in [0.4, 0.5) is 0 Å². The highest BCUT2D eigenvalue weighted by molar-refractivity contribution is 5.90. The van der Waals surface area contributed by atoms with Crippen LogP contribution in [0.25, 0.3) is 0 Å². The van der Waals surface area contributed by atoms with E-state index in [1.807, 2.05) is 19.1 Å². The van der Waals surface area contributed by atoms with Crippen molar-refractivity contribution < 1.29 is 19.0 Å². The van der Waals surface area contributed by atoms with Crippen LogP contribution in [0.2, 0.25) is 0 Å². The van der Waals surface area contributed by atoms with Gasteiger partial charge in [-0.25, -0.2) is 0 Å². The summed E-state index contributed by atoms with van der Waals surface area (Å²) in [6, 6.07) is 8.61. The number of ether oxygens (including phenoxy) is 3. The van der Waals surface area contributed by atoms with E-state index in [9.17, 15) is 4.79 Å². The summed E-state index contributed by atoms with van der Waals surface area (Å²) in [5.41, 5.74) is 1.10. The molecular weight excluding hydrogens is 356 g/mol. The maximum atomic E-state index is 12.8. The Kier molecular flexibility index (Phi) is 5.90. The molecule has 154 valence electrons. The number of rotatable bonds is 6. The summed E-state index contributed by atoms with van der Waals surface area (Å²) in [6.45, 7) is 7.04. The molecule has 4 rings (SSSR count). The minimum absolute atomic E-state index is 0.140. The molecule has 0 aliphatic carbocycles. The van der Waals surface area contributed by atoms with Crippen LogP contribution in [-0.2, 0) is 20.8 Å². The molecule has 1 spiro atoms. The number of nitrogens with zero attached hydrogens (tertiary/aromatic N) is 2. The van der Waals surface area contributed by atoms with Crippen molar-refractivity contribution in [2.24, 2.45) is 0 Å². The Morgan fingerprint density at radius 2 is 1.89 bits per heavy atom. The number of piperidine rings is 1. The molecule has 1 aromatic rings. The van der Waals surface area contributed by atoms with Crippen molar-refractivity contribution in [3.8, 4) is 5.75 Å². The third kappa shape index (κ3) is 3.42. The fraction of sp³-hybridized carbons (Fsp3) is 0.682. The number of carbonyl (C=O) groups excluding carboxylic acids is 1. The molecule has 3 saturated heterocycles. The third-order valence-electron chi connectivity index (χ3n) is 6.61. The van der Waals surface area contributed by atoms with Crippen molar-refractivity contribution in [2.75, 3.05) is 40.0 Å². The quantitative estimate of drug-likeness (QED) is 0.701. The van der Waals surface area contributed by atoms with Crippen LogP contribution < -0.4 is 4.74 Å². The van der Waals surface area contributed by atoms with E-state index in [0.29, 0.717) is 12.6 Å². The molecule has 3 aliphatic heterocycles. The highest BCUT2D eigenvalue weighted by atomic mass is 16.5. The second-order valence-electron chi connectivity index (χ2n) is 8.09. The molecule has 3 heterocycles. The summed E-state index contributed by atoms with van der Waals surface area (Å²) < 4.78 is 16.9. The first kappa shape index (κ1) is 19.7. The van der Waals surface area contributed by atoms with E-state index in [1.165, 1.54) is 5.56 Å². The van der Waals surface area contributed by atoms with Gasteiger partial charge in [0.05, 0.1) is 12.1 Å². The van der Waals surface area contributed by atoms with Gasteiger partial charge in [0.2, 0.25) is 0 Å². The SMILES string of the molecule is CCOc1ccccc1CN1CCC(N2C(=O)C(OC)C23CCOCC3)CC1. The van der Waals surface area contributed by atoms with Crippen molar-refractivity contribution in [2.45, 2.75) is 56.8 Å². The number of para-hydroxylation sites is 1. The fourth-order valence-electron chi connectivity index (χ4n) is 5.23. The molecule has 1 aromatic carbocycles. The molecule has 0 saturated carbocycles. The van der Waals surface area contributed by atoms with Crippen LogP contribution in [0.3, 0.4) is 0 Å². The molecule has 1 unspecified atom stereocenters. The topological polar surface area (TPSA) is 51.2 Å². The van der Waals surface area contributed by atoms with Crippen LogP contribution in [-0.4, -0.2) is 73.4 Å². The lowest BCUT2D eigenvalue weighted by atomic mass is 9.72. The van der Waals surface area contributed by atoms with Crippen LogP contribution >= 0.6 is 0 Å². The molecule has 3 fully saturated rings. The zero-order valence-electron chi connectivity index (χ0n) is 17.1. The number of hydrogen-bond acceptors (Lipinski definition) is 5. The summed E-state index contributed by atoms with van der Waals surface area (Å²) in [5.74, 6) is 1.15. The molecule has 0 N–H and O–H groups in total. The second-order valence-corrected chi connectivity index (χ2v) is 8.09. The van der Waals surface area contributed by atoms with Gasteiger partial charge in [0, 0.05) is 51.6 Å². The Balaban J connectivity index is 1.38. The number of benzene rings is 1. The van der Waals surface area contributed by atoms with Gasteiger partial charge in [0.1, 0.15) is 5.75 Å². The normalized spacial score (nSPS) is 25.7. The van der Waals surface area contributed by atoms with Crippen LogP contribution in [0, 0.1) is 0 Å². The Morgan fingerprint density at radius 1 is 1.18 bits per heavy atom. The van der Waals surface area contributed by atoms with E-state index < -0.39 is 0 Å². The maximum Gasteiger partial charge on any atom is 0.254 e. The van der Waals surface area contributed by atoms with Crippen LogP contribution in [0.1, 0.15) is 38.2 Å². The van der Waals surface area contributed by atoms with E-state index in [1.54, 1.807) is 7.11 Å². The molecular formula is C22H32N2O4. The Hall–Kier alpha value is -1.63. The minimum atomic E-state index is -0.285. The standard InChI is InChI=1S/C22H32N2O4/c1-3-28-19-7-5-4-6-17(19)16-23-12-8-18(9-13-23)24-21(25)20(26-2)22(24)10-14-27-15-11-22/h4-7,18,20H,3,8-16H2,1-2H3. The lowest BCUT2D eigenvalue weighted by molar-refractivity contribution is -0.214. The summed E-state index contributed by atoms with van der Waals surface area (Å²) in [5, 5.41) is 0. The molecule has 0 aromatic heterocycles. The Morgan fingerprint density at radius 3 is 2.57 bits per heavy atom. The average molecular weight is 389 g/mol. The summed E-state index contributed by atoms with van der Waals surface area (Å²) >= 11 is 0. The molecule has 6 heteroatoms. The number of β-lactam (4-membered cyclic amide) rings is 1. The Bertz CT molecular complexity index is 681. The smallest absolute Gasteiger partial charge is 0.254 e. The highest BCUT2D eigenvalue weighted by Crippen LogP contribution is 2.45. The third-order valence-corrected chi connectivity index (χ3v) is 6.61. The van der Waals surface area contributed by atoms with Crippen molar-refractivity contribution in [3.05, 3.63) is 29.8 Å². The van der Waals surface area contributed by atoms with Crippen molar-refractivity contribution >= 4 is 5.91 Å². The monoisotopic (exact) mass is 388 g/mol. The summed E-state index contributed by atoms with van der Waals surface area (Å²) in [4.78, 5) is 17.4. The van der Waals surface area contributed by atoms with Gasteiger partial charge in [-0.3, -0.25) is 9.69 Å². The van der Waals surface area contributed by atoms with Crippen molar-refractivity contribution in [1.82, 2.24) is 9.80 Å². The predicted molar refractivity (Wildman–Crippen MR) is 106 cm³/mol. The number of methoxy groups -OCH3 is 1. The molecule has 1 atom stereocenters. The number of carbonyl (C=O) groups is 1. The fourth-order valence-corrected chi connectivity index (χ4v) is 5.23. The average Bonchev–Trinajstić information content (AvgIpc) is 2.72. The van der Waals surface area contributed by atoms with Crippen molar-refractivity contribution in [3.63, 3.8) is 0 Å². The lowest BCUT2D eigenvalue weighted by Gasteiger charge is -2.61. The van der Waals surface area contributed by atoms with Gasteiger partial charge in [0.15, 0.2) is 6.10 Å². The van der Waals surface area contributed by atoms with Crippen LogP contribution in [0.15, 0.2) is 24.3 Å². The largest absolute Gasteiger partial charge is 0.494 e. The lowest BCUT2D eigenvalue weighted by Crippen LogP contribution is -2.78. The first-order valence-corrected chi connectivity index (χ1v) is 10.6. The maximum absolute atomic E-state index is 12.8. The number of amides is 1. The first-order valence-electron chi connectivity index (χ1n) is 10.6. The van der Waals surface area contributed by atoms with Gasteiger partial charge >= 0.3 is 0 Å². The minimum Gasteiger partial charge on any atom is -0.494 e. The zero-order chi connectivity index (χ0) is 19.6. The molecule has 1 amide bonds. The van der Waals surface area contributed by atoms with Gasteiger partial charge in [-0.1, -0.05) is 18.2 Å². The molecule has 0 radical (unpaired) electrons. The van der Waals surface area contributed by atoms with E-state index >= 15 is 0 Å². The zero-order valence-corrected chi connectivity index (χ0v) is 17.1. The van der Waals surface area contributed by atoms with Gasteiger partial charge in [-0.15, -0.1) is 0 Å². The molecule has 0 bridgehead atoms. The molecule has 28 heavy (non-hydrogen) atoms. The van der Waals surface area contributed by atoms with Gasteiger partial charge in [0.25, 0.3) is 5.91 Å². The van der Waals surface area contributed by atoms with Gasteiger partial charge in [-0.05, 0) is 38.7 Å². The van der Waals surface area contributed by atoms with Crippen molar-refractivity contribution in [1.29, 1.82) is 0 Å². The predicted octanol–water partition coefficient (Wildman–Crippen LogP) is 2.46. The number of likely N-dealkylation sites (tertiary alicyclic amines) is 2. The molecule has 6 nitrogen and oxygen atoms in total. The highest BCUT2D eigenvalue weighted by Gasteiger charge is 2.62. The van der Waals surface area contributed by atoms with E-state index in [4.69, 9.17) is 14.2 Å². The van der Waals surface area contributed by atoms with Gasteiger partial charge in [-0.2, -0.15) is 0 Å². The van der Waals surface area contributed by atoms with E-state index in [2.05, 4.69) is 21.9 Å². The second kappa shape index (κ2) is 8.39. The van der Waals surface area contributed by atoms with E-state index in [-0.39, 0.29) is 17.6 Å². The van der Waals surface area contributed by atoms with Gasteiger partial charge < -0.3 is 19.1 Å². The van der Waals surface area contributed by atoms with Crippen LogP contribution in [0.5, 0.6) is 5.75 Å². The molecule has 3 aliphatic rings. The van der Waals surface area contributed by atoms with E-state index in [0.717, 1.165) is 64.3 Å².